The molecule has 0 aliphatic heterocycles. The first-order valence-electron chi connectivity index (χ1n) is 7.82. The van der Waals surface area contributed by atoms with Gasteiger partial charge in [-0.1, -0.05) is 35.9 Å². The lowest BCUT2D eigenvalue weighted by atomic mass is 10.2. The standard InChI is InChI=1S/C19H17ClN2O3S/c1-25-18-10-9-16(20)12-19(18)26(23,24)22(17-7-3-2-4-8-17)14-15-6-5-11-21-13-15/h2-13H,14H2,1H3. The molecule has 0 saturated heterocycles. The predicted octanol–water partition coefficient (Wildman–Crippen LogP) is 4.14. The molecule has 134 valence electrons. The molecular formula is C19H17ClN2O3S. The third-order valence-electron chi connectivity index (χ3n) is 3.79. The minimum absolute atomic E-state index is 0.0141. The lowest BCUT2D eigenvalue weighted by Gasteiger charge is -2.25. The van der Waals surface area contributed by atoms with E-state index in [9.17, 15) is 8.42 Å². The van der Waals surface area contributed by atoms with E-state index in [1.165, 1.54) is 17.5 Å². The normalized spacial score (nSPS) is 11.2. The van der Waals surface area contributed by atoms with Gasteiger partial charge < -0.3 is 4.74 Å². The number of nitrogens with zero attached hydrogens (tertiary/aromatic N) is 2. The summed E-state index contributed by atoms with van der Waals surface area (Å²) in [5.74, 6) is 0.238. The fourth-order valence-corrected chi connectivity index (χ4v) is 4.41. The molecule has 0 aliphatic rings. The van der Waals surface area contributed by atoms with Gasteiger partial charge in [0.1, 0.15) is 10.6 Å². The van der Waals surface area contributed by atoms with E-state index in [2.05, 4.69) is 4.98 Å². The number of aromatic nitrogens is 1. The molecule has 1 aromatic heterocycles. The highest BCUT2D eigenvalue weighted by atomic mass is 35.5. The van der Waals surface area contributed by atoms with Gasteiger partial charge in [0, 0.05) is 17.4 Å². The Labute approximate surface area is 157 Å². The Morgan fingerprint density at radius 2 is 1.85 bits per heavy atom. The van der Waals surface area contributed by atoms with E-state index in [-0.39, 0.29) is 17.2 Å². The summed E-state index contributed by atoms with van der Waals surface area (Å²) in [6, 6.07) is 17.0. The predicted molar refractivity (Wildman–Crippen MR) is 102 cm³/mol. The highest BCUT2D eigenvalue weighted by molar-refractivity contribution is 7.93. The fraction of sp³-hybridized carbons (Fsp3) is 0.105. The number of anilines is 1. The van der Waals surface area contributed by atoms with E-state index in [0.717, 1.165) is 5.56 Å². The number of hydrogen-bond acceptors (Lipinski definition) is 4. The van der Waals surface area contributed by atoms with Crippen molar-refractivity contribution < 1.29 is 13.2 Å². The first kappa shape index (κ1) is 18.2. The summed E-state index contributed by atoms with van der Waals surface area (Å²) < 4.78 is 33.4. The maximum absolute atomic E-state index is 13.4. The Morgan fingerprint density at radius 1 is 1.08 bits per heavy atom. The van der Waals surface area contributed by atoms with E-state index in [0.29, 0.717) is 10.7 Å². The van der Waals surface area contributed by atoms with E-state index in [1.807, 2.05) is 12.1 Å². The summed E-state index contributed by atoms with van der Waals surface area (Å²) in [6.45, 7) is 0.135. The number of para-hydroxylation sites is 1. The third-order valence-corrected chi connectivity index (χ3v) is 5.82. The van der Waals surface area contributed by atoms with E-state index >= 15 is 0 Å². The first-order valence-corrected chi connectivity index (χ1v) is 9.64. The van der Waals surface area contributed by atoms with Crippen LogP contribution in [-0.4, -0.2) is 20.5 Å². The molecule has 0 radical (unpaired) electrons. The topological polar surface area (TPSA) is 59.5 Å². The van der Waals surface area contributed by atoms with Crippen LogP contribution in [0.2, 0.25) is 5.02 Å². The Balaban J connectivity index is 2.13. The molecule has 2 aromatic carbocycles. The van der Waals surface area contributed by atoms with Crippen molar-refractivity contribution in [2.75, 3.05) is 11.4 Å². The van der Waals surface area contributed by atoms with Gasteiger partial charge in [-0.3, -0.25) is 9.29 Å². The van der Waals surface area contributed by atoms with Crippen LogP contribution in [0.25, 0.3) is 0 Å². The van der Waals surface area contributed by atoms with E-state index in [4.69, 9.17) is 16.3 Å². The number of methoxy groups -OCH3 is 1. The molecule has 0 saturated carbocycles. The second kappa shape index (κ2) is 7.76. The van der Waals surface area contributed by atoms with Gasteiger partial charge in [0.2, 0.25) is 0 Å². The number of sulfonamides is 1. The summed E-state index contributed by atoms with van der Waals surface area (Å²) in [4.78, 5) is 4.08. The summed E-state index contributed by atoms with van der Waals surface area (Å²) in [6.07, 6.45) is 3.28. The number of pyridine rings is 1. The average Bonchev–Trinajstić information content (AvgIpc) is 2.67. The smallest absolute Gasteiger partial charge is 0.268 e. The molecule has 3 aromatic rings. The number of hydrogen-bond donors (Lipinski definition) is 0. The molecular weight excluding hydrogens is 372 g/mol. The maximum Gasteiger partial charge on any atom is 0.268 e. The Kier molecular flexibility index (Phi) is 5.44. The van der Waals surface area contributed by atoms with Gasteiger partial charge in [-0.05, 0) is 42.0 Å². The van der Waals surface area contributed by atoms with Crippen molar-refractivity contribution >= 4 is 27.3 Å². The maximum atomic E-state index is 13.4. The van der Waals surface area contributed by atoms with Gasteiger partial charge in [-0.15, -0.1) is 0 Å². The zero-order valence-corrected chi connectivity index (χ0v) is 15.6. The molecule has 5 nitrogen and oxygen atoms in total. The molecule has 7 heteroatoms. The summed E-state index contributed by atoms with van der Waals surface area (Å²) in [5, 5.41) is 0.318. The number of halogens is 1. The number of ether oxygens (including phenoxy) is 1. The zero-order valence-electron chi connectivity index (χ0n) is 14.0. The van der Waals surface area contributed by atoms with Crippen molar-refractivity contribution in [3.63, 3.8) is 0 Å². The van der Waals surface area contributed by atoms with Gasteiger partial charge in [-0.2, -0.15) is 0 Å². The van der Waals surface area contributed by atoms with Crippen LogP contribution in [0.4, 0.5) is 5.69 Å². The van der Waals surface area contributed by atoms with Crippen LogP contribution in [0, 0.1) is 0 Å². The van der Waals surface area contributed by atoms with Crippen molar-refractivity contribution in [2.45, 2.75) is 11.4 Å². The van der Waals surface area contributed by atoms with Crippen molar-refractivity contribution in [1.29, 1.82) is 0 Å². The molecule has 0 bridgehead atoms. The molecule has 0 atom stereocenters. The van der Waals surface area contributed by atoms with Crippen molar-refractivity contribution in [3.05, 3.63) is 83.6 Å². The average molecular weight is 389 g/mol. The summed E-state index contributed by atoms with van der Waals surface area (Å²) >= 11 is 6.04. The SMILES string of the molecule is COc1ccc(Cl)cc1S(=O)(=O)N(Cc1cccnc1)c1ccccc1. The molecule has 0 aliphatic carbocycles. The first-order chi connectivity index (χ1) is 12.5. The quantitative estimate of drug-likeness (QED) is 0.636. The fourth-order valence-electron chi connectivity index (χ4n) is 2.54. The van der Waals surface area contributed by atoms with Crippen LogP contribution in [0.5, 0.6) is 5.75 Å². The van der Waals surface area contributed by atoms with Crippen molar-refractivity contribution in [1.82, 2.24) is 4.98 Å². The van der Waals surface area contributed by atoms with Gasteiger partial charge in [0.15, 0.2) is 0 Å². The second-order valence-corrected chi connectivity index (χ2v) is 7.77. The monoisotopic (exact) mass is 388 g/mol. The highest BCUT2D eigenvalue weighted by Gasteiger charge is 2.28. The second-order valence-electron chi connectivity index (χ2n) is 5.50. The van der Waals surface area contributed by atoms with Crippen LogP contribution in [0.3, 0.4) is 0 Å². The lowest BCUT2D eigenvalue weighted by molar-refractivity contribution is 0.402. The zero-order chi connectivity index (χ0) is 18.6. The van der Waals surface area contributed by atoms with E-state index < -0.39 is 10.0 Å². The minimum Gasteiger partial charge on any atom is -0.495 e. The Morgan fingerprint density at radius 3 is 2.50 bits per heavy atom. The number of rotatable bonds is 6. The molecule has 0 spiro atoms. The molecule has 26 heavy (non-hydrogen) atoms. The van der Waals surface area contributed by atoms with Gasteiger partial charge in [0.25, 0.3) is 10.0 Å². The molecule has 0 N–H and O–H groups in total. The molecule has 0 fully saturated rings. The van der Waals surface area contributed by atoms with Crippen LogP contribution in [0.15, 0.2) is 78.0 Å². The van der Waals surface area contributed by atoms with Crippen molar-refractivity contribution in [3.8, 4) is 5.75 Å². The molecule has 1 heterocycles. The Hall–Kier alpha value is -2.57. The third kappa shape index (κ3) is 3.81. The van der Waals surface area contributed by atoms with Crippen LogP contribution in [-0.2, 0) is 16.6 Å². The minimum atomic E-state index is -3.92. The Bertz CT molecular complexity index is 980. The molecule has 0 amide bonds. The van der Waals surface area contributed by atoms with Crippen LogP contribution < -0.4 is 9.04 Å². The summed E-state index contributed by atoms with van der Waals surface area (Å²) in [7, 11) is -2.49. The molecule has 3 rings (SSSR count). The van der Waals surface area contributed by atoms with Gasteiger partial charge in [0.05, 0.1) is 19.3 Å². The van der Waals surface area contributed by atoms with Crippen molar-refractivity contribution in [2.24, 2.45) is 0 Å². The largest absolute Gasteiger partial charge is 0.495 e. The van der Waals surface area contributed by atoms with Crippen LogP contribution >= 0.6 is 11.6 Å². The number of benzene rings is 2. The van der Waals surface area contributed by atoms with E-state index in [1.54, 1.807) is 54.9 Å². The van der Waals surface area contributed by atoms with Gasteiger partial charge >= 0.3 is 0 Å². The van der Waals surface area contributed by atoms with Crippen LogP contribution in [0.1, 0.15) is 5.56 Å². The lowest BCUT2D eigenvalue weighted by Crippen LogP contribution is -2.31. The molecule has 0 unspecified atom stereocenters. The highest BCUT2D eigenvalue weighted by Crippen LogP contribution is 2.33. The summed E-state index contributed by atoms with van der Waals surface area (Å²) in [5.41, 5.74) is 1.30. The van der Waals surface area contributed by atoms with Gasteiger partial charge in [-0.25, -0.2) is 8.42 Å².